The van der Waals surface area contributed by atoms with Gasteiger partial charge in [0.1, 0.15) is 0 Å². The molecule has 11 unspecified atom stereocenters. The number of hydrogen-bond acceptors (Lipinski definition) is 1. The lowest BCUT2D eigenvalue weighted by Crippen LogP contribution is -2.66. The van der Waals surface area contributed by atoms with E-state index in [9.17, 15) is 5.11 Å². The van der Waals surface area contributed by atoms with Crippen LogP contribution in [0.15, 0.2) is 12.2 Å². The van der Waals surface area contributed by atoms with Gasteiger partial charge in [0.15, 0.2) is 0 Å². The first-order valence-corrected chi connectivity index (χ1v) is 13.9. The lowest BCUT2D eigenvalue weighted by molar-refractivity contribution is -0.241. The molecule has 6 aliphatic rings. The van der Waals surface area contributed by atoms with Crippen molar-refractivity contribution in [3.8, 4) is 0 Å². The molecule has 0 spiro atoms. The van der Waals surface area contributed by atoms with Gasteiger partial charge < -0.3 is 5.11 Å². The van der Waals surface area contributed by atoms with Crippen LogP contribution in [0.1, 0.15) is 98.8 Å². The molecule has 0 heterocycles. The summed E-state index contributed by atoms with van der Waals surface area (Å²) in [4.78, 5) is 0. The second-order valence-corrected chi connectivity index (χ2v) is 14.6. The Morgan fingerprint density at radius 1 is 0.871 bits per heavy atom. The van der Waals surface area contributed by atoms with Crippen LogP contribution in [-0.4, -0.2) is 11.7 Å². The molecule has 6 aliphatic carbocycles. The first-order valence-electron chi connectivity index (χ1n) is 13.9. The van der Waals surface area contributed by atoms with Crippen molar-refractivity contribution < 1.29 is 5.11 Å². The highest BCUT2D eigenvalue weighted by Crippen LogP contribution is 2.78. The maximum Gasteiger partial charge on any atom is 0.0490 e. The SMILES string of the molecule is C=C1CC2CC3C4CCC(C)C(C)(C)C4CCC3(C)C3(C)CCC4(CO)CCC1C4C23. The third kappa shape index (κ3) is 2.39. The van der Waals surface area contributed by atoms with Crippen LogP contribution in [-0.2, 0) is 0 Å². The number of hydrogen-bond donors (Lipinski definition) is 1. The van der Waals surface area contributed by atoms with E-state index in [1.165, 1.54) is 64.2 Å². The van der Waals surface area contributed by atoms with E-state index in [0.29, 0.717) is 28.8 Å². The molecule has 0 aromatic carbocycles. The van der Waals surface area contributed by atoms with E-state index in [1.807, 2.05) is 0 Å². The molecule has 31 heavy (non-hydrogen) atoms. The van der Waals surface area contributed by atoms with Crippen molar-refractivity contribution in [3.05, 3.63) is 12.2 Å². The minimum Gasteiger partial charge on any atom is -0.396 e. The predicted molar refractivity (Wildman–Crippen MR) is 128 cm³/mol. The molecular weight excluding hydrogens is 376 g/mol. The molecule has 11 atom stereocenters. The van der Waals surface area contributed by atoms with E-state index in [-0.39, 0.29) is 5.41 Å². The van der Waals surface area contributed by atoms with Gasteiger partial charge in [-0.2, -0.15) is 0 Å². The van der Waals surface area contributed by atoms with E-state index in [2.05, 4.69) is 41.2 Å². The molecule has 6 saturated carbocycles. The van der Waals surface area contributed by atoms with Crippen molar-refractivity contribution in [2.24, 2.45) is 69.0 Å². The molecule has 1 heteroatoms. The average Bonchev–Trinajstić information content (AvgIpc) is 3.12. The molecule has 1 N–H and O–H groups in total. The van der Waals surface area contributed by atoms with Crippen LogP contribution in [0.5, 0.6) is 0 Å². The number of aliphatic hydroxyl groups is 1. The van der Waals surface area contributed by atoms with Crippen molar-refractivity contribution in [1.29, 1.82) is 0 Å². The molecule has 6 fully saturated rings. The maximum absolute atomic E-state index is 10.6. The molecule has 174 valence electrons. The van der Waals surface area contributed by atoms with Gasteiger partial charge in [0, 0.05) is 6.61 Å². The van der Waals surface area contributed by atoms with Gasteiger partial charge in [0.25, 0.3) is 0 Å². The van der Waals surface area contributed by atoms with Gasteiger partial charge in [-0.25, -0.2) is 0 Å². The van der Waals surface area contributed by atoms with Crippen LogP contribution in [0.4, 0.5) is 0 Å². The third-order valence-corrected chi connectivity index (χ3v) is 14.1. The zero-order valence-corrected chi connectivity index (χ0v) is 21.1. The molecule has 0 radical (unpaired) electrons. The molecule has 1 nitrogen and oxygen atoms in total. The average molecular weight is 425 g/mol. The van der Waals surface area contributed by atoms with Crippen LogP contribution >= 0.6 is 0 Å². The quantitative estimate of drug-likeness (QED) is 0.432. The lowest BCUT2D eigenvalue weighted by Gasteiger charge is -2.73. The van der Waals surface area contributed by atoms with Crippen LogP contribution in [0, 0.1) is 69.0 Å². The van der Waals surface area contributed by atoms with E-state index < -0.39 is 0 Å². The maximum atomic E-state index is 10.6. The summed E-state index contributed by atoms with van der Waals surface area (Å²) in [6.45, 7) is 18.3. The summed E-state index contributed by atoms with van der Waals surface area (Å²) in [6.07, 6.45) is 13.8. The van der Waals surface area contributed by atoms with Crippen molar-refractivity contribution in [1.82, 2.24) is 0 Å². The van der Waals surface area contributed by atoms with Crippen molar-refractivity contribution >= 4 is 0 Å². The Kier molecular flexibility index (Phi) is 4.40. The summed E-state index contributed by atoms with van der Waals surface area (Å²) >= 11 is 0. The highest BCUT2D eigenvalue weighted by atomic mass is 16.3. The first kappa shape index (κ1) is 21.2. The van der Waals surface area contributed by atoms with E-state index in [1.54, 1.807) is 5.57 Å². The first-order chi connectivity index (χ1) is 14.6. The molecule has 0 aromatic rings. The lowest BCUT2D eigenvalue weighted by atomic mass is 9.32. The van der Waals surface area contributed by atoms with Crippen molar-refractivity contribution in [2.45, 2.75) is 98.8 Å². The minimum atomic E-state index is 0.221. The fourth-order valence-electron chi connectivity index (χ4n) is 11.8. The highest BCUT2D eigenvalue weighted by molar-refractivity contribution is 5.25. The van der Waals surface area contributed by atoms with Gasteiger partial charge in [-0.05, 0) is 133 Å². The van der Waals surface area contributed by atoms with Gasteiger partial charge in [0.05, 0.1) is 0 Å². The normalized spacial score (nSPS) is 59.5. The van der Waals surface area contributed by atoms with Gasteiger partial charge in [-0.15, -0.1) is 0 Å². The fraction of sp³-hybridized carbons (Fsp3) is 0.933. The zero-order chi connectivity index (χ0) is 22.0. The molecule has 0 aliphatic heterocycles. The zero-order valence-electron chi connectivity index (χ0n) is 21.1. The monoisotopic (exact) mass is 424 g/mol. The third-order valence-electron chi connectivity index (χ3n) is 14.1. The number of rotatable bonds is 1. The van der Waals surface area contributed by atoms with Crippen LogP contribution in [0.3, 0.4) is 0 Å². The van der Waals surface area contributed by atoms with Crippen LogP contribution in [0.25, 0.3) is 0 Å². The molecule has 0 bridgehead atoms. The van der Waals surface area contributed by atoms with Crippen molar-refractivity contribution in [2.75, 3.05) is 6.61 Å². The van der Waals surface area contributed by atoms with Gasteiger partial charge >= 0.3 is 0 Å². The molecule has 6 rings (SSSR count). The summed E-state index contributed by atoms with van der Waals surface area (Å²) in [5, 5.41) is 10.6. The fourth-order valence-corrected chi connectivity index (χ4v) is 11.8. The van der Waals surface area contributed by atoms with Gasteiger partial charge in [0.2, 0.25) is 0 Å². The second kappa shape index (κ2) is 6.43. The standard InChI is InChI=1S/C30H48O/c1-18-15-20-16-24-22-8-7-19(2)27(3,4)23(22)10-11-28(24,5)29(6)13-14-30(17-31)12-9-21(18)26(30)25(20)29/h19-26,31H,1,7-17H2,2-6H3. The summed E-state index contributed by atoms with van der Waals surface area (Å²) in [5.74, 6) is 6.76. The Morgan fingerprint density at radius 2 is 1.65 bits per heavy atom. The van der Waals surface area contributed by atoms with E-state index in [4.69, 9.17) is 0 Å². The van der Waals surface area contributed by atoms with E-state index >= 15 is 0 Å². The molecular formula is C30H48O. The Morgan fingerprint density at radius 3 is 2.39 bits per heavy atom. The summed E-state index contributed by atoms with van der Waals surface area (Å²) in [5.41, 5.74) is 3.26. The van der Waals surface area contributed by atoms with Gasteiger partial charge in [-0.3, -0.25) is 0 Å². The van der Waals surface area contributed by atoms with Crippen molar-refractivity contribution in [3.63, 3.8) is 0 Å². The Bertz CT molecular complexity index is 781. The second-order valence-electron chi connectivity index (χ2n) is 14.6. The number of allylic oxidation sites excluding steroid dienone is 1. The Balaban J connectivity index is 1.43. The number of fused-ring (bicyclic) bond motifs is 4. The van der Waals surface area contributed by atoms with Crippen LogP contribution in [0.2, 0.25) is 0 Å². The topological polar surface area (TPSA) is 20.2 Å². The predicted octanol–water partition coefficient (Wildman–Crippen LogP) is 7.49. The largest absolute Gasteiger partial charge is 0.396 e. The minimum absolute atomic E-state index is 0.221. The summed E-state index contributed by atoms with van der Waals surface area (Å²) < 4.78 is 0. The summed E-state index contributed by atoms with van der Waals surface area (Å²) in [7, 11) is 0. The summed E-state index contributed by atoms with van der Waals surface area (Å²) in [6, 6.07) is 0. The van der Waals surface area contributed by atoms with Crippen LogP contribution < -0.4 is 0 Å². The van der Waals surface area contributed by atoms with Gasteiger partial charge in [-0.1, -0.05) is 46.8 Å². The molecule has 0 amide bonds. The molecule has 0 saturated heterocycles. The van der Waals surface area contributed by atoms with E-state index in [0.717, 1.165) is 41.4 Å². The Hall–Kier alpha value is -0.300. The smallest absolute Gasteiger partial charge is 0.0490 e. The number of aliphatic hydroxyl groups excluding tert-OH is 1. The highest BCUT2D eigenvalue weighted by Gasteiger charge is 2.71. The Labute approximate surface area is 191 Å². The molecule has 0 aromatic heterocycles.